The molecule has 7 heteroatoms. The van der Waals surface area contributed by atoms with Gasteiger partial charge in [-0.2, -0.15) is 0 Å². The van der Waals surface area contributed by atoms with Crippen LogP contribution in [0, 0.1) is 5.41 Å². The average Bonchev–Trinajstić information content (AvgIpc) is 3.02. The summed E-state index contributed by atoms with van der Waals surface area (Å²) in [6.07, 6.45) is 1.87. The molecule has 3 rings (SSSR count). The van der Waals surface area contributed by atoms with Crippen molar-refractivity contribution < 1.29 is 4.79 Å². The smallest absolute Gasteiger partial charge is 0.237 e. The number of carbonyl (C=O) groups excluding carboxylic acids is 1. The molecule has 3 aromatic rings. The molecule has 0 saturated heterocycles. The predicted octanol–water partition coefficient (Wildman–Crippen LogP) is 3.92. The van der Waals surface area contributed by atoms with Crippen LogP contribution in [-0.4, -0.2) is 21.5 Å². The Morgan fingerprint density at radius 1 is 1.07 bits per heavy atom. The molecule has 0 unspecified atom stereocenters. The highest BCUT2D eigenvalue weighted by Crippen LogP contribution is 2.17. The van der Waals surface area contributed by atoms with Gasteiger partial charge in [0.05, 0.1) is 23.4 Å². The molecule has 2 aromatic carbocycles. The zero-order chi connectivity index (χ0) is 18.7. The maximum absolute atomic E-state index is 12.1. The molecule has 0 aliphatic heterocycles. The van der Waals surface area contributed by atoms with Crippen molar-refractivity contribution in [3.8, 4) is 0 Å². The Morgan fingerprint density at radius 2 is 1.68 bits per heavy atom. The van der Waals surface area contributed by atoms with Crippen LogP contribution in [0.4, 0.5) is 0 Å². The van der Waals surface area contributed by atoms with Gasteiger partial charge in [-0.3, -0.25) is 4.79 Å². The zero-order valence-corrected chi connectivity index (χ0v) is 18.0. The van der Waals surface area contributed by atoms with Crippen molar-refractivity contribution in [3.05, 3.63) is 66.0 Å². The van der Waals surface area contributed by atoms with Gasteiger partial charge in [-0.25, -0.2) is 4.98 Å². The fourth-order valence-corrected chi connectivity index (χ4v) is 2.79. The Kier molecular flexibility index (Phi) is 8.48. The van der Waals surface area contributed by atoms with Gasteiger partial charge in [0.15, 0.2) is 0 Å². The van der Waals surface area contributed by atoms with Gasteiger partial charge in [0.2, 0.25) is 5.91 Å². The summed E-state index contributed by atoms with van der Waals surface area (Å²) in [5.41, 5.74) is 10.1. The lowest BCUT2D eigenvalue weighted by Gasteiger charge is -2.25. The van der Waals surface area contributed by atoms with Gasteiger partial charge in [0.25, 0.3) is 0 Å². The van der Waals surface area contributed by atoms with E-state index in [1.807, 2.05) is 57.4 Å². The summed E-state index contributed by atoms with van der Waals surface area (Å²) in [7, 11) is 0. The Balaban J connectivity index is 0.00000196. The van der Waals surface area contributed by atoms with Gasteiger partial charge in [-0.1, -0.05) is 57.2 Å². The van der Waals surface area contributed by atoms with Crippen molar-refractivity contribution in [2.45, 2.75) is 39.9 Å². The summed E-state index contributed by atoms with van der Waals surface area (Å²) < 4.78 is 2.13. The lowest BCUT2D eigenvalue weighted by atomic mass is 9.87. The summed E-state index contributed by atoms with van der Waals surface area (Å²) in [6.45, 7) is 7.14. The molecule has 0 bridgehead atoms. The number of nitrogens with zero attached hydrogens (tertiary/aromatic N) is 2. The molecular formula is C21H28Cl2N4O. The summed E-state index contributed by atoms with van der Waals surface area (Å²) in [4.78, 5) is 16.5. The number of hydrogen-bond donors (Lipinski definition) is 2. The highest BCUT2D eigenvalue weighted by molar-refractivity contribution is 5.85. The highest BCUT2D eigenvalue weighted by Gasteiger charge is 2.27. The zero-order valence-electron chi connectivity index (χ0n) is 16.4. The molecule has 0 aliphatic rings. The first-order valence-corrected chi connectivity index (χ1v) is 8.85. The summed E-state index contributed by atoms with van der Waals surface area (Å²) in [5, 5.41) is 2.92. The number of para-hydroxylation sites is 2. The van der Waals surface area contributed by atoms with Crippen molar-refractivity contribution >= 4 is 41.8 Å². The number of rotatable bonds is 5. The van der Waals surface area contributed by atoms with E-state index in [9.17, 15) is 4.79 Å². The first-order valence-electron chi connectivity index (χ1n) is 8.85. The molecule has 0 saturated carbocycles. The van der Waals surface area contributed by atoms with E-state index in [2.05, 4.69) is 33.1 Å². The SMILES string of the molecule is CC(C)(C)[C@H](N)C(=O)NCc1ccc(Cn2cnc3ccccc32)cc1.Cl.Cl. The highest BCUT2D eigenvalue weighted by atomic mass is 35.5. The number of amides is 1. The molecule has 0 aliphatic carbocycles. The van der Waals surface area contributed by atoms with Crippen LogP contribution in [0.3, 0.4) is 0 Å². The van der Waals surface area contributed by atoms with Gasteiger partial charge in [-0.15, -0.1) is 24.8 Å². The molecule has 5 nitrogen and oxygen atoms in total. The minimum absolute atomic E-state index is 0. The predicted molar refractivity (Wildman–Crippen MR) is 119 cm³/mol. The Hall–Kier alpha value is -2.08. The molecule has 1 aromatic heterocycles. The van der Waals surface area contributed by atoms with Crippen molar-refractivity contribution in [1.29, 1.82) is 0 Å². The Labute approximate surface area is 178 Å². The number of nitrogens with one attached hydrogen (secondary N) is 1. The average molecular weight is 423 g/mol. The van der Waals surface area contributed by atoms with Crippen LogP contribution in [0.15, 0.2) is 54.9 Å². The molecule has 0 fully saturated rings. The van der Waals surface area contributed by atoms with Crippen molar-refractivity contribution in [1.82, 2.24) is 14.9 Å². The largest absolute Gasteiger partial charge is 0.351 e. The maximum atomic E-state index is 12.1. The van der Waals surface area contributed by atoms with E-state index in [-0.39, 0.29) is 36.1 Å². The van der Waals surface area contributed by atoms with Crippen LogP contribution in [0.5, 0.6) is 0 Å². The van der Waals surface area contributed by atoms with Crippen LogP contribution < -0.4 is 11.1 Å². The second kappa shape index (κ2) is 9.92. The van der Waals surface area contributed by atoms with E-state index >= 15 is 0 Å². The molecule has 1 amide bonds. The van der Waals surface area contributed by atoms with Gasteiger partial charge in [0, 0.05) is 13.1 Å². The number of carbonyl (C=O) groups is 1. The number of fused-ring (bicyclic) bond motifs is 1. The number of hydrogen-bond acceptors (Lipinski definition) is 3. The third-order valence-electron chi connectivity index (χ3n) is 4.59. The maximum Gasteiger partial charge on any atom is 0.237 e. The third kappa shape index (κ3) is 5.71. The number of aromatic nitrogens is 2. The van der Waals surface area contributed by atoms with Gasteiger partial charge in [0.1, 0.15) is 0 Å². The molecule has 1 heterocycles. The van der Waals surface area contributed by atoms with Gasteiger partial charge >= 0.3 is 0 Å². The normalized spacial score (nSPS) is 12.0. The lowest BCUT2D eigenvalue weighted by molar-refractivity contribution is -0.124. The summed E-state index contributed by atoms with van der Waals surface area (Å²) in [6, 6.07) is 15.8. The van der Waals surface area contributed by atoms with E-state index in [4.69, 9.17) is 5.73 Å². The number of nitrogens with two attached hydrogens (primary N) is 1. The fraction of sp³-hybridized carbons (Fsp3) is 0.333. The standard InChI is InChI=1S/C21H26N4O.2ClH/c1-21(2,3)19(22)20(26)23-12-15-8-10-16(11-9-15)13-25-14-24-17-6-4-5-7-18(17)25;;/h4-11,14,19H,12-13,22H2,1-3H3,(H,23,26);2*1H/t19-;;/m1../s1. The second-order valence-corrected chi connectivity index (χ2v) is 7.74. The van der Waals surface area contributed by atoms with Crippen molar-refractivity contribution in [3.63, 3.8) is 0 Å². The Bertz CT molecular complexity index is 901. The third-order valence-corrected chi connectivity index (χ3v) is 4.59. The van der Waals surface area contributed by atoms with Crippen molar-refractivity contribution in [2.24, 2.45) is 11.1 Å². The molecule has 0 spiro atoms. The summed E-state index contributed by atoms with van der Waals surface area (Å²) >= 11 is 0. The van der Waals surface area contributed by atoms with Crippen LogP contribution in [0.1, 0.15) is 31.9 Å². The molecule has 3 N–H and O–H groups in total. The van der Waals surface area contributed by atoms with E-state index in [1.165, 1.54) is 5.56 Å². The van der Waals surface area contributed by atoms with Crippen LogP contribution in [0.2, 0.25) is 0 Å². The minimum Gasteiger partial charge on any atom is -0.351 e. The molecule has 28 heavy (non-hydrogen) atoms. The monoisotopic (exact) mass is 422 g/mol. The van der Waals surface area contributed by atoms with Gasteiger partial charge < -0.3 is 15.6 Å². The van der Waals surface area contributed by atoms with Crippen LogP contribution >= 0.6 is 24.8 Å². The minimum atomic E-state index is -0.517. The van der Waals surface area contributed by atoms with E-state index < -0.39 is 6.04 Å². The molecule has 0 radical (unpaired) electrons. The van der Waals surface area contributed by atoms with Gasteiger partial charge in [-0.05, 0) is 28.7 Å². The molecule has 1 atom stereocenters. The first kappa shape index (κ1) is 24.0. The number of imidazole rings is 1. The second-order valence-electron chi connectivity index (χ2n) is 7.74. The van der Waals surface area contributed by atoms with Crippen LogP contribution in [0.25, 0.3) is 11.0 Å². The lowest BCUT2D eigenvalue weighted by Crippen LogP contribution is -2.48. The van der Waals surface area contributed by atoms with Crippen molar-refractivity contribution in [2.75, 3.05) is 0 Å². The number of benzene rings is 2. The van der Waals surface area contributed by atoms with E-state index in [0.717, 1.165) is 23.1 Å². The first-order chi connectivity index (χ1) is 12.3. The Morgan fingerprint density at radius 3 is 2.32 bits per heavy atom. The quantitative estimate of drug-likeness (QED) is 0.654. The van der Waals surface area contributed by atoms with Crippen LogP contribution in [-0.2, 0) is 17.9 Å². The van der Waals surface area contributed by atoms with E-state index in [1.54, 1.807) is 0 Å². The fourth-order valence-electron chi connectivity index (χ4n) is 2.79. The number of halogens is 2. The topological polar surface area (TPSA) is 72.9 Å². The molecule has 152 valence electrons. The summed E-state index contributed by atoms with van der Waals surface area (Å²) in [5.74, 6) is -0.119. The molecular weight excluding hydrogens is 395 g/mol. The van der Waals surface area contributed by atoms with E-state index in [0.29, 0.717) is 6.54 Å².